The maximum Gasteiger partial charge on any atom is 0.279 e. The van der Waals surface area contributed by atoms with Crippen LogP contribution in [-0.4, -0.2) is 31.4 Å². The Balaban J connectivity index is 1.93. The van der Waals surface area contributed by atoms with E-state index in [9.17, 15) is 18.4 Å². The normalized spacial score (nSPS) is 11.7. The second-order valence-electron chi connectivity index (χ2n) is 6.39. The van der Waals surface area contributed by atoms with E-state index in [-0.39, 0.29) is 30.6 Å². The van der Waals surface area contributed by atoms with E-state index in [0.29, 0.717) is 6.54 Å². The first-order valence-electron chi connectivity index (χ1n) is 8.83. The summed E-state index contributed by atoms with van der Waals surface area (Å²) in [5.74, 6) is -2.55. The number of hydrogen-bond acceptors (Lipinski definition) is 2. The van der Waals surface area contributed by atoms with Crippen LogP contribution in [-0.2, 0) is 9.59 Å². The first kappa shape index (κ1) is 20.5. The average molecular weight is 376 g/mol. The Morgan fingerprint density at radius 1 is 0.963 bits per heavy atom. The van der Waals surface area contributed by atoms with Crippen LogP contribution in [0.15, 0.2) is 42.5 Å². The fraction of sp³-hybridized carbons (Fsp3) is 0.300. The molecule has 2 amide bonds. The molecule has 0 heterocycles. The Morgan fingerprint density at radius 3 is 2.26 bits per heavy atom. The molecule has 0 bridgehead atoms. The van der Waals surface area contributed by atoms with Crippen molar-refractivity contribution >= 4 is 23.2 Å². The third-order valence-corrected chi connectivity index (χ3v) is 4.05. The summed E-state index contributed by atoms with van der Waals surface area (Å²) in [6.07, 6.45) is 0.797. The predicted molar refractivity (Wildman–Crippen MR) is 101 cm³/mol. The summed E-state index contributed by atoms with van der Waals surface area (Å²) in [5, 5.41) is 5.39. The minimum atomic E-state index is -1.02. The Hall–Kier alpha value is -2.80. The molecule has 1 atom stereocenters. The quantitative estimate of drug-likeness (QED) is 0.661. The van der Waals surface area contributed by atoms with Gasteiger partial charge in [-0.3, -0.25) is 9.59 Å². The zero-order chi connectivity index (χ0) is 19.8. The smallest absolute Gasteiger partial charge is 0.279 e. The number of para-hydroxylation sites is 1. The highest BCUT2D eigenvalue weighted by Crippen LogP contribution is 2.13. The summed E-state index contributed by atoms with van der Waals surface area (Å²) in [6.45, 7) is 4.68. The van der Waals surface area contributed by atoms with Gasteiger partial charge in [0.15, 0.2) is 24.7 Å². The fourth-order valence-corrected chi connectivity index (χ4v) is 2.73. The van der Waals surface area contributed by atoms with Crippen molar-refractivity contribution in [2.75, 3.05) is 30.3 Å². The van der Waals surface area contributed by atoms with Crippen LogP contribution in [0.2, 0.25) is 0 Å². The first-order chi connectivity index (χ1) is 12.9. The van der Waals surface area contributed by atoms with Gasteiger partial charge in [-0.1, -0.05) is 25.1 Å². The molecule has 7 heteroatoms. The Kier molecular flexibility index (Phi) is 7.43. The molecule has 0 saturated heterocycles. The molecule has 0 fully saturated rings. The first-order valence-corrected chi connectivity index (χ1v) is 8.83. The summed E-state index contributed by atoms with van der Waals surface area (Å²) in [6, 6.07) is 10.6. The highest BCUT2D eigenvalue weighted by molar-refractivity contribution is 5.93. The van der Waals surface area contributed by atoms with Gasteiger partial charge >= 0.3 is 0 Å². The minimum absolute atomic E-state index is 0.0496. The van der Waals surface area contributed by atoms with Crippen molar-refractivity contribution in [3.63, 3.8) is 0 Å². The molecule has 0 saturated carbocycles. The van der Waals surface area contributed by atoms with Crippen molar-refractivity contribution in [1.29, 1.82) is 0 Å². The molecule has 2 rings (SSSR count). The van der Waals surface area contributed by atoms with Gasteiger partial charge in [0.25, 0.3) is 11.8 Å². The lowest BCUT2D eigenvalue weighted by Gasteiger charge is -2.18. The van der Waals surface area contributed by atoms with Gasteiger partial charge in [0.1, 0.15) is 0 Å². The molecule has 5 nitrogen and oxygen atoms in total. The molecular weight excluding hydrogens is 352 g/mol. The number of quaternary nitrogens is 1. The number of aryl methyl sites for hydroxylation is 1. The maximum absolute atomic E-state index is 13.2. The summed E-state index contributed by atoms with van der Waals surface area (Å²) in [5.41, 5.74) is 1.88. The van der Waals surface area contributed by atoms with Crippen LogP contribution in [0.25, 0.3) is 0 Å². The zero-order valence-electron chi connectivity index (χ0n) is 15.4. The van der Waals surface area contributed by atoms with Crippen LogP contribution < -0.4 is 15.5 Å². The Labute approximate surface area is 157 Å². The van der Waals surface area contributed by atoms with Crippen LogP contribution in [0, 0.1) is 18.6 Å². The van der Waals surface area contributed by atoms with Crippen molar-refractivity contribution in [1.82, 2.24) is 0 Å². The molecule has 0 aliphatic heterocycles. The number of halogens is 2. The van der Waals surface area contributed by atoms with E-state index < -0.39 is 11.6 Å². The van der Waals surface area contributed by atoms with Crippen molar-refractivity contribution in [2.24, 2.45) is 0 Å². The van der Waals surface area contributed by atoms with Crippen LogP contribution >= 0.6 is 0 Å². The number of benzene rings is 2. The molecular formula is C20H24F2N3O2+. The molecule has 27 heavy (non-hydrogen) atoms. The summed E-state index contributed by atoms with van der Waals surface area (Å²) in [4.78, 5) is 25.3. The largest absolute Gasteiger partial charge is 0.321 e. The summed E-state index contributed by atoms with van der Waals surface area (Å²) >= 11 is 0. The van der Waals surface area contributed by atoms with Crippen LogP contribution in [0.5, 0.6) is 0 Å². The van der Waals surface area contributed by atoms with Crippen molar-refractivity contribution in [3.05, 3.63) is 59.7 Å². The lowest BCUT2D eigenvalue weighted by atomic mass is 10.2. The van der Waals surface area contributed by atoms with Gasteiger partial charge < -0.3 is 15.5 Å². The van der Waals surface area contributed by atoms with Crippen LogP contribution in [0.4, 0.5) is 20.2 Å². The highest BCUT2D eigenvalue weighted by Gasteiger charge is 2.18. The van der Waals surface area contributed by atoms with Gasteiger partial charge in [-0.2, -0.15) is 0 Å². The van der Waals surface area contributed by atoms with E-state index in [2.05, 4.69) is 10.6 Å². The van der Waals surface area contributed by atoms with Crippen molar-refractivity contribution < 1.29 is 23.3 Å². The predicted octanol–water partition coefficient (Wildman–Crippen LogP) is 2.15. The third-order valence-electron chi connectivity index (χ3n) is 4.05. The molecule has 0 aliphatic rings. The van der Waals surface area contributed by atoms with E-state index in [4.69, 9.17) is 0 Å². The van der Waals surface area contributed by atoms with Gasteiger partial charge in [0.05, 0.1) is 6.54 Å². The zero-order valence-corrected chi connectivity index (χ0v) is 15.4. The molecule has 0 radical (unpaired) electrons. The van der Waals surface area contributed by atoms with E-state index in [0.717, 1.165) is 34.7 Å². The van der Waals surface area contributed by atoms with Gasteiger partial charge in [0, 0.05) is 17.4 Å². The number of rotatable bonds is 8. The van der Waals surface area contributed by atoms with Crippen molar-refractivity contribution in [2.45, 2.75) is 20.3 Å². The number of hydrogen-bond donors (Lipinski definition) is 3. The third kappa shape index (κ3) is 6.45. The number of anilines is 2. The SMILES string of the molecule is CCC[NH+](CC(=O)Nc1ccc(F)c(F)c1)CC(=O)Nc1ccccc1C. The molecule has 0 spiro atoms. The summed E-state index contributed by atoms with van der Waals surface area (Å²) in [7, 11) is 0. The highest BCUT2D eigenvalue weighted by atomic mass is 19.2. The molecule has 0 aromatic heterocycles. The Bertz CT molecular complexity index is 812. The second-order valence-corrected chi connectivity index (χ2v) is 6.39. The van der Waals surface area contributed by atoms with Crippen LogP contribution in [0.3, 0.4) is 0 Å². The average Bonchev–Trinajstić information content (AvgIpc) is 2.60. The van der Waals surface area contributed by atoms with E-state index in [1.165, 1.54) is 6.07 Å². The van der Waals surface area contributed by atoms with E-state index in [1.807, 2.05) is 38.1 Å². The van der Waals surface area contributed by atoms with Crippen LogP contribution in [0.1, 0.15) is 18.9 Å². The molecule has 144 valence electrons. The van der Waals surface area contributed by atoms with Crippen molar-refractivity contribution in [3.8, 4) is 0 Å². The minimum Gasteiger partial charge on any atom is -0.321 e. The number of amides is 2. The molecule has 2 aromatic rings. The topological polar surface area (TPSA) is 62.6 Å². The second kappa shape index (κ2) is 9.78. The standard InChI is InChI=1S/C20H23F2N3O2/c1-3-10-25(13-20(27)24-18-7-5-4-6-14(18)2)12-19(26)23-15-8-9-16(21)17(22)11-15/h4-9,11H,3,10,12-13H2,1-2H3,(H,23,26)(H,24,27)/p+1. The molecule has 0 aliphatic carbocycles. The van der Waals surface area contributed by atoms with Gasteiger partial charge in [-0.15, -0.1) is 0 Å². The van der Waals surface area contributed by atoms with Gasteiger partial charge in [0.2, 0.25) is 0 Å². The molecule has 2 aromatic carbocycles. The Morgan fingerprint density at radius 2 is 1.63 bits per heavy atom. The monoisotopic (exact) mass is 376 g/mol. The summed E-state index contributed by atoms with van der Waals surface area (Å²) < 4.78 is 26.2. The molecule has 1 unspecified atom stereocenters. The lowest BCUT2D eigenvalue weighted by Crippen LogP contribution is -3.14. The van der Waals surface area contributed by atoms with Gasteiger partial charge in [-0.25, -0.2) is 8.78 Å². The number of carbonyl (C=O) groups excluding carboxylic acids is 2. The lowest BCUT2D eigenvalue weighted by molar-refractivity contribution is -0.883. The maximum atomic E-state index is 13.2. The van der Waals surface area contributed by atoms with Gasteiger partial charge in [-0.05, 0) is 37.1 Å². The number of nitrogens with one attached hydrogen (secondary N) is 3. The fourth-order valence-electron chi connectivity index (χ4n) is 2.73. The van der Waals surface area contributed by atoms with E-state index in [1.54, 1.807) is 0 Å². The molecule has 3 N–H and O–H groups in total. The van der Waals surface area contributed by atoms with E-state index >= 15 is 0 Å². The number of carbonyl (C=O) groups is 2.